The molecule has 1 saturated heterocycles. The number of carboxylic acids is 1. The van der Waals surface area contributed by atoms with Crippen molar-refractivity contribution in [1.29, 1.82) is 0 Å². The smallest absolute Gasteiger partial charge is 0.335 e. The average Bonchev–Trinajstić information content (AvgIpc) is 3.07. The van der Waals surface area contributed by atoms with Gasteiger partial charge in [-0.3, -0.25) is 0 Å². The van der Waals surface area contributed by atoms with E-state index in [1.54, 1.807) is 0 Å². The van der Waals surface area contributed by atoms with E-state index in [0.717, 1.165) is 23.0 Å². The van der Waals surface area contributed by atoms with Crippen molar-refractivity contribution in [2.75, 3.05) is 13.1 Å². The van der Waals surface area contributed by atoms with Gasteiger partial charge < -0.3 is 49.8 Å². The molecule has 230 valence electrons. The van der Waals surface area contributed by atoms with Crippen LogP contribution >= 0.6 is 9.24 Å². The summed E-state index contributed by atoms with van der Waals surface area (Å²) in [5.74, 6) is -0.691. The van der Waals surface area contributed by atoms with Crippen LogP contribution in [0.4, 0.5) is 4.39 Å². The van der Waals surface area contributed by atoms with E-state index in [4.69, 9.17) is 18.9 Å². The quantitative estimate of drug-likeness (QED) is 0.212. The van der Waals surface area contributed by atoms with Crippen LogP contribution in [0.15, 0.2) is 36.4 Å². The van der Waals surface area contributed by atoms with Crippen LogP contribution in [0.2, 0.25) is 0 Å². The molecule has 10 unspecified atom stereocenters. The summed E-state index contributed by atoms with van der Waals surface area (Å²) in [5.41, 5.74) is 1.78. The van der Waals surface area contributed by atoms with Gasteiger partial charge in [-0.2, -0.15) is 0 Å². The van der Waals surface area contributed by atoms with Gasteiger partial charge in [0.25, 0.3) is 0 Å². The van der Waals surface area contributed by atoms with E-state index in [9.17, 15) is 34.7 Å². The molecule has 3 aliphatic heterocycles. The Bertz CT molecular complexity index is 1250. The SMILES string of the molecule is O=C(O)C1OC(OC(CNCC(O)C2CCc3cc(P)ccc3O2)C2CCc3cc(F)ccc3O2)C(O)CC(O)C1O. The van der Waals surface area contributed by atoms with Crippen molar-refractivity contribution in [2.45, 2.75) is 87.2 Å². The van der Waals surface area contributed by atoms with Crippen molar-refractivity contribution in [3.05, 3.63) is 53.3 Å². The van der Waals surface area contributed by atoms with E-state index >= 15 is 0 Å². The van der Waals surface area contributed by atoms with Crippen molar-refractivity contribution in [1.82, 2.24) is 5.32 Å². The van der Waals surface area contributed by atoms with Crippen molar-refractivity contribution >= 4 is 20.5 Å². The van der Waals surface area contributed by atoms with Gasteiger partial charge in [-0.15, -0.1) is 9.24 Å². The normalized spacial score (nSPS) is 30.6. The minimum absolute atomic E-state index is 0.105. The number of ether oxygens (including phenoxy) is 4. The van der Waals surface area contributed by atoms with Gasteiger partial charge in [0.05, 0.1) is 6.10 Å². The molecule has 10 atom stereocenters. The first-order valence-corrected chi connectivity index (χ1v) is 14.6. The molecule has 42 heavy (non-hydrogen) atoms. The third-order valence-electron chi connectivity index (χ3n) is 7.94. The first-order chi connectivity index (χ1) is 20.1. The fraction of sp³-hybridized carbons (Fsp3) is 0.552. The highest BCUT2D eigenvalue weighted by Crippen LogP contribution is 2.32. The number of aryl methyl sites for hydroxylation is 2. The number of aliphatic hydroxyl groups excluding tert-OH is 4. The molecule has 5 rings (SSSR count). The number of aliphatic hydroxyl groups is 4. The highest BCUT2D eigenvalue weighted by atomic mass is 31.0. The lowest BCUT2D eigenvalue weighted by Gasteiger charge is -2.36. The van der Waals surface area contributed by atoms with Gasteiger partial charge in [0, 0.05) is 19.5 Å². The minimum atomic E-state index is -1.83. The highest BCUT2D eigenvalue weighted by molar-refractivity contribution is 7.27. The maximum absolute atomic E-state index is 13.7. The van der Waals surface area contributed by atoms with E-state index in [1.807, 2.05) is 18.2 Å². The summed E-state index contributed by atoms with van der Waals surface area (Å²) >= 11 is 0. The predicted molar refractivity (Wildman–Crippen MR) is 150 cm³/mol. The number of hydrogen-bond acceptors (Lipinski definition) is 10. The highest BCUT2D eigenvalue weighted by Gasteiger charge is 2.44. The molecular weight excluding hydrogens is 572 g/mol. The lowest BCUT2D eigenvalue weighted by atomic mass is 9.98. The van der Waals surface area contributed by atoms with Crippen LogP contribution in [0.5, 0.6) is 11.5 Å². The summed E-state index contributed by atoms with van der Waals surface area (Å²) in [6, 6.07) is 10.0. The Labute approximate surface area is 244 Å². The Morgan fingerprint density at radius 2 is 1.67 bits per heavy atom. The van der Waals surface area contributed by atoms with Crippen LogP contribution in [0, 0.1) is 5.82 Å². The van der Waals surface area contributed by atoms with E-state index in [-0.39, 0.29) is 25.3 Å². The predicted octanol–water partition coefficient (Wildman–Crippen LogP) is 0.0315. The number of carboxylic acid groups (broad SMARTS) is 1. The monoisotopic (exact) mass is 609 g/mol. The van der Waals surface area contributed by atoms with E-state index in [2.05, 4.69) is 14.6 Å². The molecule has 0 bridgehead atoms. The summed E-state index contributed by atoms with van der Waals surface area (Å²) in [5, 5.41) is 55.7. The maximum Gasteiger partial charge on any atom is 0.335 e. The number of halogens is 1. The Morgan fingerprint density at radius 3 is 2.40 bits per heavy atom. The third-order valence-corrected chi connectivity index (χ3v) is 8.30. The number of nitrogens with one attached hydrogen (secondary N) is 1. The van der Waals surface area contributed by atoms with Gasteiger partial charge in [0.15, 0.2) is 12.4 Å². The minimum Gasteiger partial charge on any atom is -0.487 e. The third kappa shape index (κ3) is 7.20. The van der Waals surface area contributed by atoms with Gasteiger partial charge in [-0.1, -0.05) is 6.07 Å². The fourth-order valence-corrected chi connectivity index (χ4v) is 5.92. The van der Waals surface area contributed by atoms with E-state index < -0.39 is 61.1 Å². The Kier molecular flexibility index (Phi) is 9.96. The standard InChI is InChI=1S/C29H37FNO10P/c30-16-3-7-21-14(9-16)2-6-24(39-21)25(40-29-19(33)11-18(32)26(35)27(41-29)28(36)37)13-31-12-20(34)23-5-1-15-10-17(42)4-8-22(15)38-23/h3-4,7-10,18-20,23-27,29,31-35H,1-2,5-6,11-13,42H2,(H,36,37). The molecular formula is C29H37FNO10P. The lowest BCUT2D eigenvalue weighted by molar-refractivity contribution is -0.248. The topological polar surface area (TPSA) is 167 Å². The largest absolute Gasteiger partial charge is 0.487 e. The molecule has 13 heteroatoms. The molecule has 11 nitrogen and oxygen atoms in total. The van der Waals surface area contributed by atoms with Crippen LogP contribution in [0.25, 0.3) is 0 Å². The summed E-state index contributed by atoms with van der Waals surface area (Å²) in [7, 11) is 2.66. The molecule has 0 saturated carbocycles. The van der Waals surface area contributed by atoms with Gasteiger partial charge >= 0.3 is 5.97 Å². The zero-order chi connectivity index (χ0) is 30.0. The van der Waals surface area contributed by atoms with E-state index in [0.29, 0.717) is 30.6 Å². The number of carbonyl (C=O) groups is 1. The second-order valence-electron chi connectivity index (χ2n) is 11.0. The number of hydrogen-bond donors (Lipinski definition) is 6. The maximum atomic E-state index is 13.7. The summed E-state index contributed by atoms with van der Waals surface area (Å²) in [6.45, 7) is 0.243. The molecule has 3 aliphatic rings. The first kappa shape index (κ1) is 31.0. The zero-order valence-corrected chi connectivity index (χ0v) is 24.0. The Balaban J connectivity index is 1.27. The van der Waals surface area contributed by atoms with Gasteiger partial charge in [-0.05, 0) is 72.4 Å². The van der Waals surface area contributed by atoms with Crippen LogP contribution < -0.4 is 20.1 Å². The summed E-state index contributed by atoms with van der Waals surface area (Å²) in [6.07, 6.45) is -8.90. The summed E-state index contributed by atoms with van der Waals surface area (Å²) in [4.78, 5) is 11.7. The average molecular weight is 610 g/mol. The zero-order valence-electron chi connectivity index (χ0n) is 22.8. The molecule has 1 fully saturated rings. The number of rotatable bonds is 9. The molecule has 2 aromatic rings. The second-order valence-corrected chi connectivity index (χ2v) is 11.7. The molecule has 2 aromatic carbocycles. The van der Waals surface area contributed by atoms with Gasteiger partial charge in [-0.25, -0.2) is 9.18 Å². The molecule has 3 heterocycles. The molecule has 0 amide bonds. The summed E-state index contributed by atoms with van der Waals surface area (Å²) < 4.78 is 37.4. The van der Waals surface area contributed by atoms with Crippen molar-refractivity contribution in [3.8, 4) is 11.5 Å². The molecule has 0 aromatic heterocycles. The van der Waals surface area contributed by atoms with E-state index in [1.165, 1.54) is 18.2 Å². The number of aliphatic carboxylic acids is 1. The molecule has 0 radical (unpaired) electrons. The molecule has 0 aliphatic carbocycles. The molecule has 6 N–H and O–H groups in total. The van der Waals surface area contributed by atoms with Crippen molar-refractivity contribution in [2.24, 2.45) is 0 Å². The lowest BCUT2D eigenvalue weighted by Crippen LogP contribution is -2.50. The Morgan fingerprint density at radius 1 is 1.00 bits per heavy atom. The van der Waals surface area contributed by atoms with Crippen LogP contribution in [0.1, 0.15) is 30.4 Å². The number of benzene rings is 2. The van der Waals surface area contributed by atoms with Crippen LogP contribution in [-0.2, 0) is 27.1 Å². The Hall–Kier alpha value is -2.41. The van der Waals surface area contributed by atoms with Crippen LogP contribution in [0.3, 0.4) is 0 Å². The number of fused-ring (bicyclic) bond motifs is 2. The molecule has 0 spiro atoms. The van der Waals surface area contributed by atoms with Gasteiger partial charge in [0.1, 0.15) is 53.9 Å². The van der Waals surface area contributed by atoms with Crippen molar-refractivity contribution < 1.29 is 53.7 Å². The van der Waals surface area contributed by atoms with Crippen molar-refractivity contribution in [3.63, 3.8) is 0 Å². The van der Waals surface area contributed by atoms with Gasteiger partial charge in [0.2, 0.25) is 0 Å². The fourth-order valence-electron chi connectivity index (χ4n) is 5.63. The second kappa shape index (κ2) is 13.5. The van der Waals surface area contributed by atoms with Crippen LogP contribution in [-0.4, -0.2) is 99.7 Å². The first-order valence-electron chi connectivity index (χ1n) is 14.1.